The number of carboxylic acids is 1. The minimum Gasteiger partial charge on any atom is -0.480 e. The second-order valence-electron chi connectivity index (χ2n) is 3.57. The molecule has 0 amide bonds. The molecule has 0 bridgehead atoms. The Morgan fingerprint density at radius 3 is 2.29 bits per heavy atom. The maximum absolute atomic E-state index is 11.0. The molecule has 0 radical (unpaired) electrons. The van der Waals surface area contributed by atoms with Gasteiger partial charge in [0.25, 0.3) is 0 Å². The SMILES string of the molecule is CCCC(Nc1c(Cl)cc(Cl)cc1Cl)C(=O)O. The van der Waals surface area contributed by atoms with Gasteiger partial charge in [-0.25, -0.2) is 4.79 Å². The van der Waals surface area contributed by atoms with Crippen molar-refractivity contribution in [1.82, 2.24) is 0 Å². The first-order valence-electron chi connectivity index (χ1n) is 5.09. The van der Waals surface area contributed by atoms with Crippen LogP contribution in [0.15, 0.2) is 12.1 Å². The lowest BCUT2D eigenvalue weighted by atomic mass is 10.1. The zero-order chi connectivity index (χ0) is 13.0. The third-order valence-electron chi connectivity index (χ3n) is 2.20. The molecule has 1 aromatic rings. The van der Waals surface area contributed by atoms with E-state index in [1.807, 2.05) is 6.92 Å². The zero-order valence-corrected chi connectivity index (χ0v) is 11.4. The molecule has 1 rings (SSSR count). The number of aliphatic carboxylic acids is 1. The fourth-order valence-corrected chi connectivity index (χ4v) is 2.33. The highest BCUT2D eigenvalue weighted by molar-refractivity contribution is 6.41. The van der Waals surface area contributed by atoms with E-state index in [-0.39, 0.29) is 0 Å². The maximum Gasteiger partial charge on any atom is 0.326 e. The summed E-state index contributed by atoms with van der Waals surface area (Å²) in [6.07, 6.45) is 1.23. The van der Waals surface area contributed by atoms with Gasteiger partial charge in [-0.2, -0.15) is 0 Å². The van der Waals surface area contributed by atoms with Crippen molar-refractivity contribution in [2.24, 2.45) is 0 Å². The van der Waals surface area contributed by atoms with Gasteiger partial charge in [-0.15, -0.1) is 0 Å². The molecule has 0 spiro atoms. The first-order chi connectivity index (χ1) is 7.95. The highest BCUT2D eigenvalue weighted by Crippen LogP contribution is 2.34. The van der Waals surface area contributed by atoms with Crippen LogP contribution in [0.3, 0.4) is 0 Å². The minimum absolute atomic E-state index is 0.310. The summed E-state index contributed by atoms with van der Waals surface area (Å²) in [5.41, 5.74) is 0.401. The predicted octanol–water partition coefficient (Wildman–Crippen LogP) is 4.31. The van der Waals surface area contributed by atoms with Gasteiger partial charge >= 0.3 is 5.97 Å². The molecular formula is C11H12Cl3NO2. The van der Waals surface area contributed by atoms with Crippen LogP contribution >= 0.6 is 34.8 Å². The molecule has 94 valence electrons. The molecular weight excluding hydrogens is 284 g/mol. The Kier molecular flexibility index (Phi) is 5.37. The molecule has 0 aliphatic rings. The molecule has 0 saturated heterocycles. The highest BCUT2D eigenvalue weighted by atomic mass is 35.5. The van der Waals surface area contributed by atoms with E-state index in [1.165, 1.54) is 12.1 Å². The number of benzene rings is 1. The van der Waals surface area contributed by atoms with Crippen LogP contribution in [0, 0.1) is 0 Å². The Morgan fingerprint density at radius 2 is 1.88 bits per heavy atom. The molecule has 0 saturated carbocycles. The van der Waals surface area contributed by atoms with E-state index in [0.717, 1.165) is 6.42 Å². The number of carbonyl (C=O) groups is 1. The van der Waals surface area contributed by atoms with Gasteiger partial charge in [-0.3, -0.25) is 0 Å². The van der Waals surface area contributed by atoms with E-state index in [1.54, 1.807) is 0 Å². The summed E-state index contributed by atoms with van der Waals surface area (Å²) in [6, 6.07) is 2.32. The molecule has 3 nitrogen and oxygen atoms in total. The third kappa shape index (κ3) is 3.95. The van der Waals surface area contributed by atoms with E-state index in [4.69, 9.17) is 39.9 Å². The van der Waals surface area contributed by atoms with Crippen LogP contribution in [0.25, 0.3) is 0 Å². The van der Waals surface area contributed by atoms with Gasteiger partial charge < -0.3 is 10.4 Å². The largest absolute Gasteiger partial charge is 0.480 e. The van der Waals surface area contributed by atoms with Crippen molar-refractivity contribution in [3.05, 3.63) is 27.2 Å². The Morgan fingerprint density at radius 1 is 1.35 bits per heavy atom. The minimum atomic E-state index is -0.936. The van der Waals surface area contributed by atoms with Crippen LogP contribution in [0.2, 0.25) is 15.1 Å². The Hall–Kier alpha value is -0.640. The summed E-state index contributed by atoms with van der Waals surface area (Å²) in [5, 5.41) is 12.9. The fraction of sp³-hybridized carbons (Fsp3) is 0.364. The van der Waals surface area contributed by atoms with Gasteiger partial charge in [-0.1, -0.05) is 48.1 Å². The first kappa shape index (κ1) is 14.4. The van der Waals surface area contributed by atoms with Crippen molar-refractivity contribution in [3.63, 3.8) is 0 Å². The zero-order valence-electron chi connectivity index (χ0n) is 9.14. The van der Waals surface area contributed by atoms with Crippen molar-refractivity contribution in [2.75, 3.05) is 5.32 Å². The predicted molar refractivity (Wildman–Crippen MR) is 71.4 cm³/mol. The number of halogens is 3. The number of anilines is 1. The summed E-state index contributed by atoms with van der Waals surface area (Å²) in [4.78, 5) is 11.0. The summed E-state index contributed by atoms with van der Waals surface area (Å²) < 4.78 is 0. The molecule has 0 aliphatic carbocycles. The summed E-state index contributed by atoms with van der Waals surface area (Å²) in [5.74, 6) is -0.936. The maximum atomic E-state index is 11.0. The molecule has 0 fully saturated rings. The number of hydrogen-bond donors (Lipinski definition) is 2. The summed E-state index contributed by atoms with van der Waals surface area (Å²) in [7, 11) is 0. The molecule has 1 atom stereocenters. The van der Waals surface area contributed by atoms with Crippen LogP contribution in [0.4, 0.5) is 5.69 Å². The smallest absolute Gasteiger partial charge is 0.326 e. The number of hydrogen-bond acceptors (Lipinski definition) is 2. The van der Waals surface area contributed by atoms with Gasteiger partial charge in [0, 0.05) is 5.02 Å². The van der Waals surface area contributed by atoms with E-state index in [9.17, 15) is 4.79 Å². The molecule has 17 heavy (non-hydrogen) atoms. The van der Waals surface area contributed by atoms with Gasteiger partial charge in [0.2, 0.25) is 0 Å². The van der Waals surface area contributed by atoms with Crippen molar-refractivity contribution < 1.29 is 9.90 Å². The van der Waals surface area contributed by atoms with Crippen molar-refractivity contribution in [3.8, 4) is 0 Å². The van der Waals surface area contributed by atoms with Crippen LogP contribution in [-0.2, 0) is 4.79 Å². The van der Waals surface area contributed by atoms with Crippen LogP contribution < -0.4 is 5.32 Å². The Balaban J connectivity index is 2.97. The fourth-order valence-electron chi connectivity index (χ4n) is 1.40. The second kappa shape index (κ2) is 6.34. The molecule has 0 aliphatic heterocycles. The molecule has 0 aromatic heterocycles. The molecule has 1 unspecified atom stereocenters. The molecule has 1 aromatic carbocycles. The van der Waals surface area contributed by atoms with Crippen molar-refractivity contribution in [2.45, 2.75) is 25.8 Å². The molecule has 0 heterocycles. The number of carboxylic acid groups (broad SMARTS) is 1. The van der Waals surface area contributed by atoms with E-state index >= 15 is 0 Å². The topological polar surface area (TPSA) is 49.3 Å². The van der Waals surface area contributed by atoms with Crippen molar-refractivity contribution >= 4 is 46.5 Å². The normalized spacial score (nSPS) is 12.2. The van der Waals surface area contributed by atoms with E-state index in [2.05, 4.69) is 5.32 Å². The Bertz CT molecular complexity index is 400. The van der Waals surface area contributed by atoms with E-state index < -0.39 is 12.0 Å². The first-order valence-corrected chi connectivity index (χ1v) is 6.23. The quantitative estimate of drug-likeness (QED) is 0.851. The lowest BCUT2D eigenvalue weighted by Crippen LogP contribution is -2.29. The average Bonchev–Trinajstić information content (AvgIpc) is 2.21. The van der Waals surface area contributed by atoms with Gasteiger partial charge in [-0.05, 0) is 18.6 Å². The van der Waals surface area contributed by atoms with Crippen LogP contribution in [0.5, 0.6) is 0 Å². The van der Waals surface area contributed by atoms with Gasteiger partial charge in [0.1, 0.15) is 6.04 Å². The number of nitrogens with one attached hydrogen (secondary N) is 1. The summed E-state index contributed by atoms with van der Waals surface area (Å²) >= 11 is 17.7. The summed E-state index contributed by atoms with van der Waals surface area (Å²) in [6.45, 7) is 1.91. The second-order valence-corrected chi connectivity index (χ2v) is 4.82. The van der Waals surface area contributed by atoms with Crippen LogP contribution in [0.1, 0.15) is 19.8 Å². The monoisotopic (exact) mass is 295 g/mol. The third-order valence-corrected chi connectivity index (χ3v) is 3.02. The molecule has 6 heteroatoms. The average molecular weight is 297 g/mol. The van der Waals surface area contributed by atoms with Crippen LogP contribution in [-0.4, -0.2) is 17.1 Å². The lowest BCUT2D eigenvalue weighted by Gasteiger charge is -2.17. The van der Waals surface area contributed by atoms with E-state index in [0.29, 0.717) is 27.2 Å². The molecule has 2 N–H and O–H groups in total. The highest BCUT2D eigenvalue weighted by Gasteiger charge is 2.19. The standard InChI is InChI=1S/C11H12Cl3NO2/c1-2-3-9(11(16)17)15-10-7(13)4-6(12)5-8(10)14/h4-5,9,15H,2-3H2,1H3,(H,16,17). The lowest BCUT2D eigenvalue weighted by molar-refractivity contribution is -0.138. The van der Waals surface area contributed by atoms with Gasteiger partial charge in [0.05, 0.1) is 15.7 Å². The van der Waals surface area contributed by atoms with Crippen molar-refractivity contribution in [1.29, 1.82) is 0 Å². The Labute approximate surface area is 115 Å². The number of rotatable bonds is 5. The van der Waals surface area contributed by atoms with Gasteiger partial charge in [0.15, 0.2) is 0 Å².